The lowest BCUT2D eigenvalue weighted by atomic mass is 9.42. The fourth-order valence-corrected chi connectivity index (χ4v) is 9.97. The molecule has 1 aliphatic heterocycles. The Kier molecular flexibility index (Phi) is 11.5. The minimum absolute atomic E-state index is 0.187. The largest absolute Gasteiger partial charge is 0.460 e. The zero-order valence-corrected chi connectivity index (χ0v) is 34.0. The minimum atomic E-state index is -2.30. The molecule has 1 amide bonds. The Hall–Kier alpha value is -4.25. The molecule has 316 valence electrons. The third-order valence-electron chi connectivity index (χ3n) is 13.0. The molecule has 1 heterocycles. The highest BCUT2D eigenvalue weighted by atomic mass is 16.6. The molecule has 13 unspecified atom stereocenters. The third kappa shape index (κ3) is 7.23. The first-order valence-electron chi connectivity index (χ1n) is 19.6. The Balaban J connectivity index is 1.46. The number of carbonyl (C=O) groups excluding carboxylic acids is 5. The molecule has 2 aromatic carbocycles. The molecule has 0 radical (unpaired) electrons. The Morgan fingerprint density at radius 2 is 1.53 bits per heavy atom. The first-order valence-corrected chi connectivity index (χ1v) is 19.6. The number of benzene rings is 2. The number of alkyl carbamates (subject to hydrolysis) is 1. The van der Waals surface area contributed by atoms with Crippen molar-refractivity contribution in [3.05, 3.63) is 71.8 Å². The highest BCUT2D eigenvalue weighted by molar-refractivity contribution is 6.40. The molecule has 1 saturated heterocycles. The number of ketones is 2. The summed E-state index contributed by atoms with van der Waals surface area (Å²) in [6, 6.07) is 15.0. The van der Waals surface area contributed by atoms with Crippen LogP contribution in [0.15, 0.2) is 60.7 Å². The van der Waals surface area contributed by atoms with Crippen molar-refractivity contribution in [2.75, 3.05) is 6.61 Å². The topological polar surface area (TPSA) is 224 Å². The van der Waals surface area contributed by atoms with Crippen LogP contribution < -0.4 is 5.32 Å². The first-order chi connectivity index (χ1) is 27.0. The molecular formula is C43H55NO14. The number of carbonyl (C=O) groups is 5. The second kappa shape index (κ2) is 15.4. The zero-order chi connectivity index (χ0) is 42.7. The number of rotatable bonds is 9. The SMILES string of the molecule is CC(=O)OC12COC1CC(O)C1(C)C(=O)C(=O)C3C(C)C(OC(=O)C(O)C(NC(=O)OC(C)(C)C)c4ccccc4)CC(O)(C(OC(O)c4ccccc4)C21)C3(C)C. The number of amides is 1. The van der Waals surface area contributed by atoms with Gasteiger partial charge in [0.05, 0.1) is 30.3 Å². The van der Waals surface area contributed by atoms with Crippen molar-refractivity contribution in [3.63, 3.8) is 0 Å². The molecule has 3 saturated carbocycles. The van der Waals surface area contributed by atoms with E-state index in [1.807, 2.05) is 0 Å². The van der Waals surface area contributed by atoms with Crippen LogP contribution in [0.3, 0.4) is 0 Å². The Morgan fingerprint density at radius 3 is 2.07 bits per heavy atom. The summed E-state index contributed by atoms with van der Waals surface area (Å²) in [5.74, 6) is -7.80. The van der Waals surface area contributed by atoms with E-state index >= 15 is 0 Å². The second-order valence-electron chi connectivity index (χ2n) is 18.0. The minimum Gasteiger partial charge on any atom is -0.460 e. The number of ether oxygens (including phenoxy) is 5. The molecule has 0 aromatic heterocycles. The molecule has 0 spiro atoms. The number of hydrogen-bond acceptors (Lipinski definition) is 14. The van der Waals surface area contributed by atoms with Gasteiger partial charge in [0.15, 0.2) is 18.0 Å². The van der Waals surface area contributed by atoms with Crippen LogP contribution >= 0.6 is 0 Å². The number of nitrogens with one attached hydrogen (secondary N) is 1. The summed E-state index contributed by atoms with van der Waals surface area (Å²) < 4.78 is 29.8. The monoisotopic (exact) mass is 809 g/mol. The van der Waals surface area contributed by atoms with Crippen LogP contribution in [0.1, 0.15) is 91.7 Å². The highest BCUT2D eigenvalue weighted by Gasteiger charge is 2.78. The van der Waals surface area contributed by atoms with E-state index in [1.54, 1.807) is 102 Å². The fraction of sp³-hybridized carbons (Fsp3) is 0.605. The standard InChI is InChI=1S/C43H55NO14/c1-22-26(55-37(51)32(48)30(24-15-11-9-12-16-24)44-38(52)58-39(3,4)5)20-43(53)35(56-36(50)25-17-13-10-14-18-25)33-41(8,34(49)31(47)29(22)40(43,6)7)27(46)19-28-42(33,21-54-28)57-23(2)45/h9-18,22,26-30,32-33,35-36,46,48,50,53H,19-21H2,1-8H3,(H,44,52). The molecule has 6 rings (SSSR count). The van der Waals surface area contributed by atoms with Gasteiger partial charge in [-0.3, -0.25) is 14.4 Å². The number of esters is 2. The summed E-state index contributed by atoms with van der Waals surface area (Å²) in [6.45, 7) is 11.9. The Labute approximate surface area is 337 Å². The molecule has 15 heteroatoms. The van der Waals surface area contributed by atoms with Gasteiger partial charge in [-0.05, 0) is 33.3 Å². The zero-order valence-electron chi connectivity index (χ0n) is 34.0. The third-order valence-corrected chi connectivity index (χ3v) is 13.0. The summed E-state index contributed by atoms with van der Waals surface area (Å²) in [6.07, 6.45) is -11.0. The highest BCUT2D eigenvalue weighted by Crippen LogP contribution is 2.64. The lowest BCUT2D eigenvalue weighted by Gasteiger charge is -2.68. The van der Waals surface area contributed by atoms with E-state index in [9.17, 15) is 44.4 Å². The van der Waals surface area contributed by atoms with E-state index in [1.165, 1.54) is 6.92 Å². The summed E-state index contributed by atoms with van der Waals surface area (Å²) >= 11 is 0. The van der Waals surface area contributed by atoms with Gasteiger partial charge in [0, 0.05) is 48.5 Å². The van der Waals surface area contributed by atoms with Crippen molar-refractivity contribution in [2.24, 2.45) is 28.6 Å². The summed E-state index contributed by atoms with van der Waals surface area (Å²) in [7, 11) is 0. The molecule has 13 atom stereocenters. The molecule has 2 aromatic rings. The Bertz CT molecular complexity index is 1900. The van der Waals surface area contributed by atoms with Crippen molar-refractivity contribution < 1.29 is 68.1 Å². The summed E-state index contributed by atoms with van der Waals surface area (Å²) in [4.78, 5) is 69.6. The molecule has 2 bridgehead atoms. The van der Waals surface area contributed by atoms with E-state index in [4.69, 9.17) is 23.7 Å². The number of fused-ring (bicyclic) bond motifs is 5. The van der Waals surface area contributed by atoms with Crippen LogP contribution in [0.25, 0.3) is 0 Å². The van der Waals surface area contributed by atoms with Crippen LogP contribution in [0.5, 0.6) is 0 Å². The van der Waals surface area contributed by atoms with Crippen LogP contribution in [0.4, 0.5) is 4.79 Å². The Morgan fingerprint density at radius 1 is 0.948 bits per heavy atom. The van der Waals surface area contributed by atoms with Crippen molar-refractivity contribution >= 4 is 29.6 Å². The molecule has 3 aliphatic carbocycles. The van der Waals surface area contributed by atoms with Crippen LogP contribution in [-0.2, 0) is 42.9 Å². The predicted octanol–water partition coefficient (Wildman–Crippen LogP) is 3.25. The van der Waals surface area contributed by atoms with Crippen LogP contribution in [0, 0.1) is 28.6 Å². The average Bonchev–Trinajstić information content (AvgIpc) is 3.14. The summed E-state index contributed by atoms with van der Waals surface area (Å²) in [5.41, 5.74) is -7.92. The molecular weight excluding hydrogens is 754 g/mol. The van der Waals surface area contributed by atoms with E-state index in [2.05, 4.69) is 5.32 Å². The van der Waals surface area contributed by atoms with Gasteiger partial charge in [0.1, 0.15) is 23.4 Å². The number of aliphatic hydroxyl groups excluding tert-OH is 3. The molecule has 5 N–H and O–H groups in total. The van der Waals surface area contributed by atoms with Gasteiger partial charge in [-0.1, -0.05) is 81.4 Å². The van der Waals surface area contributed by atoms with Crippen LogP contribution in [-0.4, -0.2) is 104 Å². The lowest BCUT2D eigenvalue weighted by molar-refractivity contribution is -0.366. The quantitative estimate of drug-likeness (QED) is 0.106. The molecule has 4 aliphatic rings. The van der Waals surface area contributed by atoms with Gasteiger partial charge >= 0.3 is 18.0 Å². The second-order valence-corrected chi connectivity index (χ2v) is 18.0. The van der Waals surface area contributed by atoms with Gasteiger partial charge in [-0.2, -0.15) is 0 Å². The number of hydrogen-bond donors (Lipinski definition) is 5. The van der Waals surface area contributed by atoms with Gasteiger partial charge < -0.3 is 49.4 Å². The maximum absolute atomic E-state index is 14.9. The van der Waals surface area contributed by atoms with E-state index in [0.29, 0.717) is 5.56 Å². The van der Waals surface area contributed by atoms with Gasteiger partial charge in [0.2, 0.25) is 11.6 Å². The van der Waals surface area contributed by atoms with E-state index in [0.717, 1.165) is 6.92 Å². The smallest absolute Gasteiger partial charge is 0.408 e. The molecule has 58 heavy (non-hydrogen) atoms. The lowest BCUT2D eigenvalue weighted by Crippen LogP contribution is -2.82. The van der Waals surface area contributed by atoms with Crippen molar-refractivity contribution in [3.8, 4) is 0 Å². The van der Waals surface area contributed by atoms with Crippen molar-refractivity contribution in [2.45, 2.75) is 128 Å². The predicted molar refractivity (Wildman–Crippen MR) is 203 cm³/mol. The maximum Gasteiger partial charge on any atom is 0.408 e. The van der Waals surface area contributed by atoms with E-state index in [-0.39, 0.29) is 18.6 Å². The number of Topliss-reactive ketones (excluding diaryl/α,β-unsaturated/α-hetero) is 2. The average molecular weight is 810 g/mol. The molecule has 15 nitrogen and oxygen atoms in total. The summed E-state index contributed by atoms with van der Waals surface area (Å²) in [5, 5.41) is 51.1. The van der Waals surface area contributed by atoms with E-state index < -0.39 is 124 Å². The van der Waals surface area contributed by atoms with Gasteiger partial charge in [0.25, 0.3) is 0 Å². The number of aliphatic hydroxyl groups is 4. The normalized spacial score (nSPS) is 35.6. The molecule has 4 fully saturated rings. The van der Waals surface area contributed by atoms with Gasteiger partial charge in [-0.15, -0.1) is 0 Å². The van der Waals surface area contributed by atoms with Crippen molar-refractivity contribution in [1.82, 2.24) is 5.32 Å². The fourth-order valence-electron chi connectivity index (χ4n) is 9.97. The van der Waals surface area contributed by atoms with Gasteiger partial charge in [-0.25, -0.2) is 9.59 Å². The maximum atomic E-state index is 14.9. The van der Waals surface area contributed by atoms with Crippen LogP contribution in [0.2, 0.25) is 0 Å². The first kappa shape index (κ1) is 43.3. The van der Waals surface area contributed by atoms with Crippen molar-refractivity contribution in [1.29, 1.82) is 0 Å².